The van der Waals surface area contributed by atoms with E-state index in [4.69, 9.17) is 4.74 Å². The second kappa shape index (κ2) is 9.00. The van der Waals surface area contributed by atoms with Crippen molar-refractivity contribution in [3.05, 3.63) is 49.9 Å². The second-order valence-corrected chi connectivity index (χ2v) is 10.5. The molecule has 0 saturated carbocycles. The second-order valence-electron chi connectivity index (χ2n) is 9.46. The van der Waals surface area contributed by atoms with Gasteiger partial charge in [0, 0.05) is 30.2 Å². The highest BCUT2D eigenvalue weighted by Gasteiger charge is 2.32. The molecule has 2 heterocycles. The molecule has 2 aromatic rings. The average Bonchev–Trinajstić information content (AvgIpc) is 3.14. The summed E-state index contributed by atoms with van der Waals surface area (Å²) in [4.78, 5) is 19.2. The first-order valence-electron chi connectivity index (χ1n) is 11.0. The molecule has 0 unspecified atom stereocenters. The molecule has 2 aliphatic rings. The van der Waals surface area contributed by atoms with Crippen LogP contribution in [0.15, 0.2) is 23.2 Å². The van der Waals surface area contributed by atoms with E-state index in [0.29, 0.717) is 54.0 Å². The van der Waals surface area contributed by atoms with Gasteiger partial charge in [-0.15, -0.1) is 11.3 Å². The molecule has 1 atom stereocenters. The topological polar surface area (TPSA) is 91.8 Å². The van der Waals surface area contributed by atoms with E-state index in [0.717, 1.165) is 24.8 Å². The minimum atomic E-state index is -0.348. The molecule has 0 bridgehead atoms. The van der Waals surface area contributed by atoms with Crippen LogP contribution in [-0.2, 0) is 17.6 Å². The van der Waals surface area contributed by atoms with Crippen LogP contribution in [0.4, 0.5) is 16.4 Å². The fraction of sp³-hybridized carbons (Fsp3) is 0.500. The normalized spacial score (nSPS) is 19.1. The van der Waals surface area contributed by atoms with Gasteiger partial charge in [-0.25, -0.2) is 4.99 Å². The van der Waals surface area contributed by atoms with Crippen molar-refractivity contribution >= 4 is 33.9 Å². The molecule has 1 aromatic heterocycles. The molecule has 1 aromatic carbocycles. The molecule has 0 amide bonds. The number of anilines is 1. The summed E-state index contributed by atoms with van der Waals surface area (Å²) in [5, 5.41) is 22.2. The number of hydrogen-bond acceptors (Lipinski definition) is 7. The van der Waals surface area contributed by atoms with Crippen molar-refractivity contribution in [2.75, 3.05) is 31.2 Å². The Morgan fingerprint density at radius 1 is 1.34 bits per heavy atom. The first-order valence-corrected chi connectivity index (χ1v) is 11.8. The van der Waals surface area contributed by atoms with Crippen molar-refractivity contribution in [2.45, 2.75) is 40.0 Å². The number of nitrogens with zero attached hydrogens (tertiary/aromatic N) is 4. The van der Waals surface area contributed by atoms with Gasteiger partial charge in [-0.05, 0) is 47.8 Å². The van der Waals surface area contributed by atoms with E-state index < -0.39 is 0 Å². The third-order valence-corrected chi connectivity index (χ3v) is 7.62. The quantitative estimate of drug-likeness (QED) is 0.358. The highest BCUT2D eigenvalue weighted by atomic mass is 32.1. The molecule has 1 fully saturated rings. The van der Waals surface area contributed by atoms with Crippen molar-refractivity contribution in [1.29, 1.82) is 5.26 Å². The van der Waals surface area contributed by atoms with Crippen LogP contribution in [0, 0.1) is 32.8 Å². The molecule has 4 rings (SSSR count). The van der Waals surface area contributed by atoms with Crippen molar-refractivity contribution in [3.63, 3.8) is 0 Å². The molecular formula is C24H28N4O3S. The number of ether oxygens (including phenoxy) is 1. The molecule has 168 valence electrons. The lowest BCUT2D eigenvalue weighted by Gasteiger charge is -2.33. The number of nitro benzene ring substituents is 1. The Labute approximate surface area is 192 Å². The Balaban J connectivity index is 1.61. The van der Waals surface area contributed by atoms with Gasteiger partial charge in [-0.3, -0.25) is 10.1 Å². The number of hydrogen-bond donors (Lipinski definition) is 0. The Bertz CT molecular complexity index is 1090. The number of rotatable bonds is 4. The predicted octanol–water partition coefficient (Wildman–Crippen LogP) is 5.27. The first-order chi connectivity index (χ1) is 15.3. The van der Waals surface area contributed by atoms with E-state index in [1.165, 1.54) is 4.88 Å². The molecule has 1 aliphatic carbocycles. The van der Waals surface area contributed by atoms with Crippen LogP contribution in [0.1, 0.15) is 48.8 Å². The van der Waals surface area contributed by atoms with Crippen LogP contribution in [0.2, 0.25) is 0 Å². The maximum Gasteiger partial charge on any atom is 0.293 e. The molecule has 0 radical (unpaired) electrons. The van der Waals surface area contributed by atoms with Crippen molar-refractivity contribution in [1.82, 2.24) is 0 Å². The van der Waals surface area contributed by atoms with Gasteiger partial charge >= 0.3 is 0 Å². The van der Waals surface area contributed by atoms with Crippen LogP contribution in [0.5, 0.6) is 0 Å². The lowest BCUT2D eigenvalue weighted by Crippen LogP contribution is -2.36. The molecule has 0 N–H and O–H groups in total. The summed E-state index contributed by atoms with van der Waals surface area (Å²) >= 11 is 1.59. The van der Waals surface area contributed by atoms with Crippen molar-refractivity contribution < 1.29 is 9.66 Å². The number of nitriles is 1. The summed E-state index contributed by atoms with van der Waals surface area (Å²) in [7, 11) is 0. The number of nitro groups is 1. The van der Waals surface area contributed by atoms with E-state index in [9.17, 15) is 15.4 Å². The zero-order chi connectivity index (χ0) is 22.9. The van der Waals surface area contributed by atoms with Gasteiger partial charge in [-0.1, -0.05) is 26.8 Å². The number of morpholine rings is 1. The van der Waals surface area contributed by atoms with Gasteiger partial charge in [0.2, 0.25) is 0 Å². The smallest absolute Gasteiger partial charge is 0.293 e. The van der Waals surface area contributed by atoms with Crippen molar-refractivity contribution in [3.8, 4) is 6.07 Å². The Morgan fingerprint density at radius 3 is 2.75 bits per heavy atom. The fourth-order valence-corrected chi connectivity index (χ4v) is 5.71. The van der Waals surface area contributed by atoms with E-state index in [-0.39, 0.29) is 16.0 Å². The Hall–Kier alpha value is -2.76. The SMILES string of the molecule is CC(C)(C)[C@H]1CCc2c(sc(N=Cc3ccc(N4CCOCC4)c([N+](=O)[O-])c3)c2C#N)C1. The number of aliphatic imine (C=N–C) groups is 1. The molecule has 7 nitrogen and oxygen atoms in total. The zero-order valence-electron chi connectivity index (χ0n) is 18.8. The lowest BCUT2D eigenvalue weighted by molar-refractivity contribution is -0.384. The Morgan fingerprint density at radius 2 is 2.09 bits per heavy atom. The van der Waals surface area contributed by atoms with Crippen LogP contribution < -0.4 is 4.90 Å². The largest absolute Gasteiger partial charge is 0.378 e. The number of benzene rings is 1. The molecular weight excluding hydrogens is 424 g/mol. The monoisotopic (exact) mass is 452 g/mol. The fourth-order valence-electron chi connectivity index (χ4n) is 4.49. The van der Waals surface area contributed by atoms with E-state index >= 15 is 0 Å². The summed E-state index contributed by atoms with van der Waals surface area (Å²) in [6.45, 7) is 9.22. The predicted molar refractivity (Wildman–Crippen MR) is 127 cm³/mol. The standard InChI is InChI=1S/C24H28N4O3S/c1-24(2,3)17-5-6-18-19(14-25)23(32-22(18)13-17)26-15-16-4-7-20(21(12-16)28(29)30)27-8-10-31-11-9-27/h4,7,12,15,17H,5-6,8-11,13H2,1-3H3/t17-/m0/s1. The van der Waals surface area contributed by atoms with E-state index in [1.807, 2.05) is 11.0 Å². The van der Waals surface area contributed by atoms with E-state index in [2.05, 4.69) is 31.8 Å². The maximum atomic E-state index is 11.7. The van der Waals surface area contributed by atoms with Gasteiger partial charge in [0.1, 0.15) is 16.8 Å². The third kappa shape index (κ3) is 4.54. The summed E-state index contributed by atoms with van der Waals surface area (Å²) < 4.78 is 5.36. The Kier molecular flexibility index (Phi) is 6.31. The molecule has 1 saturated heterocycles. The van der Waals surface area contributed by atoms with Gasteiger partial charge in [-0.2, -0.15) is 5.26 Å². The maximum absolute atomic E-state index is 11.7. The minimum absolute atomic E-state index is 0.0647. The van der Waals surface area contributed by atoms with Gasteiger partial charge < -0.3 is 9.64 Å². The lowest BCUT2D eigenvalue weighted by atomic mass is 9.72. The summed E-state index contributed by atoms with van der Waals surface area (Å²) in [5.41, 5.74) is 3.35. The molecule has 8 heteroatoms. The third-order valence-electron chi connectivity index (χ3n) is 6.46. The molecule has 0 spiro atoms. The van der Waals surface area contributed by atoms with Crippen LogP contribution >= 0.6 is 11.3 Å². The minimum Gasteiger partial charge on any atom is -0.378 e. The summed E-state index contributed by atoms with van der Waals surface area (Å²) in [6, 6.07) is 7.53. The van der Waals surface area contributed by atoms with Crippen LogP contribution in [0.3, 0.4) is 0 Å². The van der Waals surface area contributed by atoms with Crippen molar-refractivity contribution in [2.24, 2.45) is 16.3 Å². The summed E-state index contributed by atoms with van der Waals surface area (Å²) in [5.74, 6) is 0.590. The number of fused-ring (bicyclic) bond motifs is 1. The zero-order valence-corrected chi connectivity index (χ0v) is 19.6. The van der Waals surface area contributed by atoms with Crippen LogP contribution in [0.25, 0.3) is 0 Å². The molecule has 32 heavy (non-hydrogen) atoms. The highest BCUT2D eigenvalue weighted by Crippen LogP contribution is 2.45. The highest BCUT2D eigenvalue weighted by molar-refractivity contribution is 7.16. The van der Waals surface area contributed by atoms with Gasteiger partial charge in [0.25, 0.3) is 5.69 Å². The van der Waals surface area contributed by atoms with Gasteiger partial charge in [0.05, 0.1) is 23.7 Å². The average molecular weight is 453 g/mol. The van der Waals surface area contributed by atoms with Gasteiger partial charge in [0.15, 0.2) is 0 Å². The molecule has 1 aliphatic heterocycles. The van der Waals surface area contributed by atoms with E-state index in [1.54, 1.807) is 29.7 Å². The number of thiophene rings is 1. The van der Waals surface area contributed by atoms with Crippen LogP contribution in [-0.4, -0.2) is 37.4 Å². The summed E-state index contributed by atoms with van der Waals surface area (Å²) in [6.07, 6.45) is 4.61. The first kappa shape index (κ1) is 22.4.